The maximum absolute atomic E-state index is 5.35. The summed E-state index contributed by atoms with van der Waals surface area (Å²) in [6, 6.07) is 12.9. The summed E-state index contributed by atoms with van der Waals surface area (Å²) < 4.78 is 5.35. The molecule has 1 N–H and O–H groups in total. The number of hydrogen-bond donors (Lipinski definition) is 1. The molecule has 0 saturated heterocycles. The Morgan fingerprint density at radius 1 is 1.30 bits per heavy atom. The van der Waals surface area contributed by atoms with Crippen LogP contribution in [0.15, 0.2) is 42.6 Å². The van der Waals surface area contributed by atoms with Gasteiger partial charge in [0, 0.05) is 18.8 Å². The van der Waals surface area contributed by atoms with Gasteiger partial charge in [0.25, 0.3) is 0 Å². The summed E-state index contributed by atoms with van der Waals surface area (Å²) in [6.45, 7) is 0.808. The zero-order chi connectivity index (χ0) is 13.8. The van der Waals surface area contributed by atoms with E-state index in [0.717, 1.165) is 18.0 Å². The molecule has 1 atom stereocenters. The average Bonchev–Trinajstić information content (AvgIpc) is 2.53. The zero-order valence-corrected chi connectivity index (χ0v) is 11.8. The minimum absolute atomic E-state index is 0.399. The van der Waals surface area contributed by atoms with Crippen molar-refractivity contribution in [1.29, 1.82) is 0 Å². The van der Waals surface area contributed by atoms with E-state index in [2.05, 4.69) is 34.6 Å². The van der Waals surface area contributed by atoms with Crippen LogP contribution in [-0.4, -0.2) is 12.1 Å². The minimum atomic E-state index is 0.399. The second-order valence-electron chi connectivity index (χ2n) is 5.21. The summed E-state index contributed by atoms with van der Waals surface area (Å²) in [5.41, 5.74) is 3.91. The van der Waals surface area contributed by atoms with Crippen molar-refractivity contribution >= 4 is 0 Å². The van der Waals surface area contributed by atoms with Crippen LogP contribution in [0.1, 0.15) is 35.7 Å². The van der Waals surface area contributed by atoms with E-state index in [1.54, 1.807) is 7.11 Å². The van der Waals surface area contributed by atoms with E-state index in [4.69, 9.17) is 4.74 Å². The molecule has 0 radical (unpaired) electrons. The predicted molar refractivity (Wildman–Crippen MR) is 79.7 cm³/mol. The van der Waals surface area contributed by atoms with Gasteiger partial charge in [0.15, 0.2) is 0 Å². The number of ether oxygens (including phenoxy) is 1. The van der Waals surface area contributed by atoms with Crippen molar-refractivity contribution in [2.24, 2.45) is 0 Å². The van der Waals surface area contributed by atoms with Crippen LogP contribution in [0, 0.1) is 0 Å². The number of rotatable bonds is 4. The fraction of sp³-hybridized carbons (Fsp3) is 0.353. The first-order chi connectivity index (χ1) is 9.86. The second kappa shape index (κ2) is 6.06. The van der Waals surface area contributed by atoms with Gasteiger partial charge in [0.05, 0.1) is 12.8 Å². The van der Waals surface area contributed by atoms with Crippen molar-refractivity contribution in [2.45, 2.75) is 31.8 Å². The standard InChI is InChI=1S/C17H20N2O/c1-20-15-9-8-13-5-4-7-17(16(13)11-15)19-12-14-6-2-3-10-18-14/h2-3,6,8-11,17,19H,4-5,7,12H2,1H3. The third-order valence-electron chi connectivity index (χ3n) is 3.92. The highest BCUT2D eigenvalue weighted by Crippen LogP contribution is 2.32. The normalized spacial score (nSPS) is 17.6. The zero-order valence-electron chi connectivity index (χ0n) is 11.8. The highest BCUT2D eigenvalue weighted by molar-refractivity contribution is 5.39. The van der Waals surface area contributed by atoms with Gasteiger partial charge in [-0.15, -0.1) is 0 Å². The summed E-state index contributed by atoms with van der Waals surface area (Å²) in [7, 11) is 1.72. The lowest BCUT2D eigenvalue weighted by Gasteiger charge is -2.27. The Balaban J connectivity index is 1.75. The third kappa shape index (κ3) is 2.83. The van der Waals surface area contributed by atoms with Gasteiger partial charge < -0.3 is 10.1 Å². The molecule has 0 amide bonds. The van der Waals surface area contributed by atoms with Crippen molar-refractivity contribution in [1.82, 2.24) is 10.3 Å². The summed E-state index contributed by atoms with van der Waals surface area (Å²) in [5, 5.41) is 3.63. The van der Waals surface area contributed by atoms with Gasteiger partial charge in [0.1, 0.15) is 5.75 Å². The summed E-state index contributed by atoms with van der Waals surface area (Å²) in [5.74, 6) is 0.940. The highest BCUT2D eigenvalue weighted by atomic mass is 16.5. The molecule has 1 aromatic heterocycles. The lowest BCUT2D eigenvalue weighted by molar-refractivity contribution is 0.408. The molecule has 3 rings (SSSR count). The number of hydrogen-bond acceptors (Lipinski definition) is 3. The van der Waals surface area contributed by atoms with Crippen LogP contribution in [0.2, 0.25) is 0 Å². The molecule has 3 heteroatoms. The fourth-order valence-corrected chi connectivity index (χ4v) is 2.85. The van der Waals surface area contributed by atoms with Crippen molar-refractivity contribution in [3.8, 4) is 5.75 Å². The number of aromatic nitrogens is 1. The van der Waals surface area contributed by atoms with E-state index >= 15 is 0 Å². The van der Waals surface area contributed by atoms with Crippen molar-refractivity contribution in [3.63, 3.8) is 0 Å². The fourth-order valence-electron chi connectivity index (χ4n) is 2.85. The highest BCUT2D eigenvalue weighted by Gasteiger charge is 2.20. The first-order valence-corrected chi connectivity index (χ1v) is 7.17. The van der Waals surface area contributed by atoms with Crippen molar-refractivity contribution in [3.05, 3.63) is 59.4 Å². The van der Waals surface area contributed by atoms with E-state index in [1.165, 1.54) is 30.4 Å². The van der Waals surface area contributed by atoms with Crippen LogP contribution in [0.5, 0.6) is 5.75 Å². The van der Waals surface area contributed by atoms with E-state index < -0.39 is 0 Å². The molecule has 1 aromatic carbocycles. The Bertz CT molecular complexity index is 568. The first-order valence-electron chi connectivity index (χ1n) is 7.17. The molecule has 0 spiro atoms. The molecule has 1 aliphatic carbocycles. The lowest BCUT2D eigenvalue weighted by atomic mass is 9.87. The number of nitrogens with one attached hydrogen (secondary N) is 1. The molecule has 0 aliphatic heterocycles. The molecule has 1 heterocycles. The Kier molecular flexibility index (Phi) is 3.97. The second-order valence-corrected chi connectivity index (χ2v) is 5.21. The maximum atomic E-state index is 5.35. The molecule has 0 saturated carbocycles. The van der Waals surface area contributed by atoms with Crippen LogP contribution in [0.25, 0.3) is 0 Å². The summed E-state index contributed by atoms with van der Waals surface area (Å²) >= 11 is 0. The summed E-state index contributed by atoms with van der Waals surface area (Å²) in [6.07, 6.45) is 5.42. The topological polar surface area (TPSA) is 34.1 Å². The van der Waals surface area contributed by atoms with Gasteiger partial charge in [-0.2, -0.15) is 0 Å². The SMILES string of the molecule is COc1ccc2c(c1)C(NCc1ccccn1)CCC2. The van der Waals surface area contributed by atoms with E-state index in [0.29, 0.717) is 6.04 Å². The van der Waals surface area contributed by atoms with Crippen LogP contribution < -0.4 is 10.1 Å². The van der Waals surface area contributed by atoms with E-state index in [1.807, 2.05) is 18.3 Å². The van der Waals surface area contributed by atoms with Gasteiger partial charge >= 0.3 is 0 Å². The van der Waals surface area contributed by atoms with Gasteiger partial charge in [-0.05, 0) is 54.7 Å². The number of aryl methyl sites for hydroxylation is 1. The number of pyridine rings is 1. The Morgan fingerprint density at radius 2 is 2.25 bits per heavy atom. The number of fused-ring (bicyclic) bond motifs is 1. The minimum Gasteiger partial charge on any atom is -0.497 e. The first kappa shape index (κ1) is 13.1. The van der Waals surface area contributed by atoms with E-state index in [-0.39, 0.29) is 0 Å². The Hall–Kier alpha value is -1.87. The molecule has 2 aromatic rings. The monoisotopic (exact) mass is 268 g/mol. The van der Waals surface area contributed by atoms with Crippen molar-refractivity contribution < 1.29 is 4.74 Å². The van der Waals surface area contributed by atoms with E-state index in [9.17, 15) is 0 Å². The molecule has 20 heavy (non-hydrogen) atoms. The van der Waals surface area contributed by atoms with Crippen LogP contribution >= 0.6 is 0 Å². The summed E-state index contributed by atoms with van der Waals surface area (Å²) in [4.78, 5) is 4.37. The largest absolute Gasteiger partial charge is 0.497 e. The Morgan fingerprint density at radius 3 is 3.05 bits per heavy atom. The molecule has 1 unspecified atom stereocenters. The Labute approximate surface area is 120 Å². The smallest absolute Gasteiger partial charge is 0.119 e. The number of nitrogens with zero attached hydrogens (tertiary/aromatic N) is 1. The molecule has 0 bridgehead atoms. The molecular formula is C17H20N2O. The molecule has 104 valence electrons. The lowest BCUT2D eigenvalue weighted by Crippen LogP contribution is -2.25. The molecule has 3 nitrogen and oxygen atoms in total. The van der Waals surface area contributed by atoms with Crippen LogP contribution in [0.3, 0.4) is 0 Å². The van der Waals surface area contributed by atoms with Crippen LogP contribution in [-0.2, 0) is 13.0 Å². The van der Waals surface area contributed by atoms with Gasteiger partial charge in [-0.25, -0.2) is 0 Å². The molecule has 1 aliphatic rings. The third-order valence-corrected chi connectivity index (χ3v) is 3.92. The predicted octanol–water partition coefficient (Wildman–Crippen LogP) is 3.26. The number of methoxy groups -OCH3 is 1. The number of benzene rings is 1. The van der Waals surface area contributed by atoms with Crippen molar-refractivity contribution in [2.75, 3.05) is 7.11 Å². The quantitative estimate of drug-likeness (QED) is 0.924. The molecule has 0 fully saturated rings. The van der Waals surface area contributed by atoms with Gasteiger partial charge in [-0.1, -0.05) is 12.1 Å². The van der Waals surface area contributed by atoms with Gasteiger partial charge in [-0.3, -0.25) is 4.98 Å². The average molecular weight is 268 g/mol. The maximum Gasteiger partial charge on any atom is 0.119 e. The van der Waals surface area contributed by atoms with Gasteiger partial charge in [0.2, 0.25) is 0 Å². The molecular weight excluding hydrogens is 248 g/mol. The van der Waals surface area contributed by atoms with Crippen LogP contribution in [0.4, 0.5) is 0 Å².